The molecule has 2 rings (SSSR count). The van der Waals surface area contributed by atoms with Crippen LogP contribution in [-0.4, -0.2) is 50.4 Å². The van der Waals surface area contributed by atoms with Crippen molar-refractivity contribution < 1.29 is 29.0 Å². The maximum Gasteiger partial charge on any atom is 0.347 e. The first kappa shape index (κ1) is 31.2. The molecule has 9 heteroatoms. The zero-order valence-corrected chi connectivity index (χ0v) is 24.5. The Balaban J connectivity index is 2.27. The zero-order chi connectivity index (χ0) is 28.5. The Labute approximate surface area is 231 Å². The molecule has 1 N–H and O–H groups in total. The number of nitrogens with zero attached hydrogens (tertiary/aromatic N) is 2. The number of phenolic OH excluding ortho intramolecular Hbond substituents is 1. The van der Waals surface area contributed by atoms with Gasteiger partial charge >= 0.3 is 5.97 Å². The highest BCUT2D eigenvalue weighted by atomic mass is 35.5. The summed E-state index contributed by atoms with van der Waals surface area (Å²) in [5.74, 6) is 0.623. The number of aromatic hydroxyl groups is 1. The highest BCUT2D eigenvalue weighted by Crippen LogP contribution is 2.45. The minimum absolute atomic E-state index is 0.0581. The van der Waals surface area contributed by atoms with Crippen molar-refractivity contribution >= 4 is 29.5 Å². The lowest BCUT2D eigenvalue weighted by molar-refractivity contribution is -0.148. The number of methoxy groups -OCH3 is 1. The summed E-state index contributed by atoms with van der Waals surface area (Å²) >= 11 is 6.55. The average Bonchev–Trinajstić information content (AvgIpc) is 2.89. The van der Waals surface area contributed by atoms with Gasteiger partial charge in [-0.25, -0.2) is 4.79 Å². The lowest BCUT2D eigenvalue weighted by atomic mass is 9.61. The van der Waals surface area contributed by atoms with E-state index >= 15 is 0 Å². The van der Waals surface area contributed by atoms with Crippen molar-refractivity contribution in [1.82, 2.24) is 0 Å². The molecular weight excluding hydrogens is 508 g/mol. The standard InChI is InChI=1S/C29H41ClN2O6/c1-9-37-25(33)17-38-32-24-13-11-19(3)29(6,21(24)5)15-14-18(2)10-12-22-27(34)23(16-31-36-8)20(4)26(30)28(22)35-7/h10,14-16,19,21,34H,9,11-13,17H2,1-8H3/b15-14+,18-10+,31-16+,32-24?/t19-,21+,29+/m1/s1. The van der Waals surface area contributed by atoms with Crippen LogP contribution in [0.15, 0.2) is 34.1 Å². The zero-order valence-electron chi connectivity index (χ0n) is 23.8. The Hall–Kier alpha value is -3.00. The second-order valence-electron chi connectivity index (χ2n) is 9.80. The number of carbonyl (C=O) groups is 1. The van der Waals surface area contributed by atoms with Crippen molar-refractivity contribution in [2.75, 3.05) is 27.4 Å². The van der Waals surface area contributed by atoms with Gasteiger partial charge in [0, 0.05) is 17.0 Å². The lowest BCUT2D eigenvalue weighted by Crippen LogP contribution is -2.40. The number of allylic oxidation sites excluding steroid dienone is 4. The van der Waals surface area contributed by atoms with Crippen LogP contribution in [0, 0.1) is 24.2 Å². The first-order valence-corrected chi connectivity index (χ1v) is 13.2. The van der Waals surface area contributed by atoms with Gasteiger partial charge in [-0.1, -0.05) is 66.5 Å². The van der Waals surface area contributed by atoms with E-state index < -0.39 is 5.97 Å². The molecule has 8 nitrogen and oxygen atoms in total. The third-order valence-corrected chi connectivity index (χ3v) is 8.03. The molecule has 0 bridgehead atoms. The summed E-state index contributed by atoms with van der Waals surface area (Å²) in [6.45, 7) is 12.3. The fourth-order valence-electron chi connectivity index (χ4n) is 4.66. The van der Waals surface area contributed by atoms with E-state index in [2.05, 4.69) is 43.2 Å². The number of hydrogen-bond acceptors (Lipinski definition) is 8. The maximum atomic E-state index is 11.6. The van der Waals surface area contributed by atoms with Crippen LogP contribution in [0.1, 0.15) is 64.2 Å². The SMILES string of the molecule is CCOC(=O)CON=C1CC[C@@H](C)[C@](C)(/C=C/C(C)=C/Cc2c(O)c(/C=N/OC)c(C)c(Cl)c2OC)[C@H]1C. The fraction of sp³-hybridized carbons (Fsp3) is 0.552. The first-order chi connectivity index (χ1) is 18.0. The number of hydrogen-bond donors (Lipinski definition) is 1. The number of benzene rings is 1. The molecule has 1 aliphatic rings. The van der Waals surface area contributed by atoms with Crippen molar-refractivity contribution in [3.8, 4) is 11.5 Å². The minimum atomic E-state index is -0.423. The molecule has 0 radical (unpaired) electrons. The van der Waals surface area contributed by atoms with E-state index in [0.29, 0.717) is 46.4 Å². The number of carbonyl (C=O) groups excluding carboxylic acids is 1. The van der Waals surface area contributed by atoms with Gasteiger partial charge in [0.1, 0.15) is 18.6 Å². The molecule has 1 aliphatic carbocycles. The van der Waals surface area contributed by atoms with E-state index in [4.69, 9.17) is 30.7 Å². The molecule has 0 unspecified atom stereocenters. The maximum absolute atomic E-state index is 11.6. The van der Waals surface area contributed by atoms with E-state index in [1.54, 1.807) is 13.8 Å². The van der Waals surface area contributed by atoms with Crippen LogP contribution in [0.25, 0.3) is 0 Å². The van der Waals surface area contributed by atoms with Gasteiger partial charge in [0.05, 0.1) is 30.7 Å². The summed E-state index contributed by atoms with van der Waals surface area (Å²) < 4.78 is 10.4. The largest absolute Gasteiger partial charge is 0.507 e. The monoisotopic (exact) mass is 548 g/mol. The summed E-state index contributed by atoms with van der Waals surface area (Å²) in [6.07, 6.45) is 10.00. The number of phenols is 1. The second-order valence-corrected chi connectivity index (χ2v) is 10.2. The summed E-state index contributed by atoms with van der Waals surface area (Å²) in [5, 5.41) is 19.5. The number of rotatable bonds is 11. The summed E-state index contributed by atoms with van der Waals surface area (Å²) in [5.41, 5.74) is 3.53. The summed E-state index contributed by atoms with van der Waals surface area (Å²) in [7, 11) is 2.97. The number of oxime groups is 2. The molecule has 0 aromatic heterocycles. The molecular formula is C29H41ClN2O6. The van der Waals surface area contributed by atoms with E-state index in [1.807, 2.05) is 13.0 Å². The highest BCUT2D eigenvalue weighted by molar-refractivity contribution is 6.33. The Morgan fingerprint density at radius 2 is 2.00 bits per heavy atom. The Kier molecular flexibility index (Phi) is 11.7. The van der Waals surface area contributed by atoms with Gasteiger partial charge in [-0.15, -0.1) is 0 Å². The first-order valence-electron chi connectivity index (χ1n) is 12.9. The van der Waals surface area contributed by atoms with Gasteiger partial charge in [-0.2, -0.15) is 0 Å². The van der Waals surface area contributed by atoms with Gasteiger partial charge in [-0.3, -0.25) is 0 Å². The molecule has 210 valence electrons. The van der Waals surface area contributed by atoms with Crippen LogP contribution in [0.3, 0.4) is 0 Å². The van der Waals surface area contributed by atoms with Crippen molar-refractivity contribution in [2.45, 2.75) is 60.8 Å². The van der Waals surface area contributed by atoms with Crippen LogP contribution in [0.2, 0.25) is 5.02 Å². The van der Waals surface area contributed by atoms with Gasteiger partial charge in [-0.05, 0) is 56.9 Å². The molecule has 38 heavy (non-hydrogen) atoms. The van der Waals surface area contributed by atoms with Crippen molar-refractivity contribution in [3.63, 3.8) is 0 Å². The van der Waals surface area contributed by atoms with Crippen LogP contribution in [0.5, 0.6) is 11.5 Å². The second kappa shape index (κ2) is 14.2. The van der Waals surface area contributed by atoms with Gasteiger partial charge in [0.2, 0.25) is 6.61 Å². The van der Waals surface area contributed by atoms with Crippen LogP contribution < -0.4 is 4.74 Å². The molecule has 0 heterocycles. The third-order valence-electron chi connectivity index (χ3n) is 7.57. The van der Waals surface area contributed by atoms with Crippen LogP contribution >= 0.6 is 11.6 Å². The van der Waals surface area contributed by atoms with Crippen LogP contribution in [0.4, 0.5) is 0 Å². The predicted molar refractivity (Wildman–Crippen MR) is 151 cm³/mol. The van der Waals surface area contributed by atoms with Gasteiger partial charge < -0.3 is 24.3 Å². The van der Waals surface area contributed by atoms with Gasteiger partial charge in [0.25, 0.3) is 0 Å². The normalized spacial score (nSPS) is 23.3. The molecule has 1 aromatic carbocycles. The van der Waals surface area contributed by atoms with Crippen LogP contribution in [-0.2, 0) is 25.6 Å². The molecule has 0 saturated heterocycles. The molecule has 1 aromatic rings. The Morgan fingerprint density at radius 3 is 2.63 bits per heavy atom. The molecule has 3 atom stereocenters. The molecule has 0 spiro atoms. The molecule has 0 amide bonds. The number of halogens is 1. The Bertz CT molecular complexity index is 1110. The van der Waals surface area contributed by atoms with Crippen molar-refractivity contribution in [3.05, 3.63) is 45.5 Å². The van der Waals surface area contributed by atoms with Crippen molar-refractivity contribution in [1.29, 1.82) is 0 Å². The number of esters is 1. The number of ether oxygens (including phenoxy) is 2. The predicted octanol–water partition coefficient (Wildman–Crippen LogP) is 6.40. The van der Waals surface area contributed by atoms with E-state index in [9.17, 15) is 9.90 Å². The van der Waals surface area contributed by atoms with E-state index in [0.717, 1.165) is 24.1 Å². The molecule has 1 saturated carbocycles. The highest BCUT2D eigenvalue weighted by Gasteiger charge is 2.41. The smallest absolute Gasteiger partial charge is 0.347 e. The van der Waals surface area contributed by atoms with E-state index in [1.165, 1.54) is 20.4 Å². The van der Waals surface area contributed by atoms with Crippen molar-refractivity contribution in [2.24, 2.45) is 27.6 Å². The van der Waals surface area contributed by atoms with E-state index in [-0.39, 0.29) is 23.7 Å². The summed E-state index contributed by atoms with van der Waals surface area (Å²) in [4.78, 5) is 21.7. The lowest BCUT2D eigenvalue weighted by Gasteiger charge is -2.43. The molecule has 0 aliphatic heterocycles. The topological polar surface area (TPSA) is 98.9 Å². The van der Waals surface area contributed by atoms with Gasteiger partial charge in [0.15, 0.2) is 0 Å². The summed E-state index contributed by atoms with van der Waals surface area (Å²) in [6, 6.07) is 0. The molecule has 1 fully saturated rings. The fourth-order valence-corrected chi connectivity index (χ4v) is 4.95. The third kappa shape index (κ3) is 7.31. The minimum Gasteiger partial charge on any atom is -0.507 e. The average molecular weight is 549 g/mol. The quantitative estimate of drug-likeness (QED) is 0.149. The Morgan fingerprint density at radius 1 is 1.29 bits per heavy atom.